The summed E-state index contributed by atoms with van der Waals surface area (Å²) >= 11 is 17.9. The zero-order valence-corrected chi connectivity index (χ0v) is 12.6. The van der Waals surface area contributed by atoms with Crippen molar-refractivity contribution in [1.29, 1.82) is 0 Å². The Kier molecular flexibility index (Phi) is 4.88. The number of nitro benzene ring substituents is 1. The lowest BCUT2D eigenvalue weighted by atomic mass is 10.2. The summed E-state index contributed by atoms with van der Waals surface area (Å²) in [6.07, 6.45) is 0. The van der Waals surface area contributed by atoms with Crippen molar-refractivity contribution < 1.29 is 9.31 Å². The lowest BCUT2D eigenvalue weighted by Crippen LogP contribution is -2.03. The van der Waals surface area contributed by atoms with Gasteiger partial charge in [-0.25, -0.2) is 4.39 Å². The van der Waals surface area contributed by atoms with Crippen molar-refractivity contribution >= 4 is 46.2 Å². The summed E-state index contributed by atoms with van der Waals surface area (Å²) in [5.41, 5.74) is 0.246. The third-order valence-corrected chi connectivity index (χ3v) is 3.95. The molecule has 4 nitrogen and oxygen atoms in total. The zero-order chi connectivity index (χ0) is 15.6. The minimum Gasteiger partial charge on any atom is -0.378 e. The molecule has 2 aromatic carbocycles. The van der Waals surface area contributed by atoms with Crippen LogP contribution >= 0.6 is 34.8 Å². The SMILES string of the molecule is O=[N+]([O-])c1ccc(F)c(NCc2c(Cl)ccc(Cl)c2Cl)c1. The van der Waals surface area contributed by atoms with Gasteiger partial charge >= 0.3 is 0 Å². The molecule has 0 aliphatic heterocycles. The highest BCUT2D eigenvalue weighted by atomic mass is 35.5. The summed E-state index contributed by atoms with van der Waals surface area (Å²) in [6, 6.07) is 6.31. The number of nitrogens with one attached hydrogen (secondary N) is 1. The van der Waals surface area contributed by atoms with Crippen LogP contribution in [-0.4, -0.2) is 4.92 Å². The van der Waals surface area contributed by atoms with Crippen LogP contribution in [0.1, 0.15) is 5.56 Å². The Hall–Kier alpha value is -1.56. The first-order chi connectivity index (χ1) is 9.90. The highest BCUT2D eigenvalue weighted by molar-refractivity contribution is 6.44. The number of nitrogens with zero attached hydrogens (tertiary/aromatic N) is 1. The highest BCUT2D eigenvalue weighted by Crippen LogP contribution is 2.32. The molecule has 0 aliphatic rings. The molecule has 110 valence electrons. The van der Waals surface area contributed by atoms with Gasteiger partial charge in [0.1, 0.15) is 5.82 Å². The van der Waals surface area contributed by atoms with E-state index in [0.717, 1.165) is 18.2 Å². The lowest BCUT2D eigenvalue weighted by molar-refractivity contribution is -0.384. The molecule has 0 bridgehead atoms. The second-order valence-electron chi connectivity index (χ2n) is 4.10. The second kappa shape index (κ2) is 6.47. The summed E-state index contributed by atoms with van der Waals surface area (Å²) in [7, 11) is 0. The van der Waals surface area contributed by atoms with E-state index in [1.54, 1.807) is 12.1 Å². The average Bonchev–Trinajstić information content (AvgIpc) is 2.44. The van der Waals surface area contributed by atoms with Crippen molar-refractivity contribution in [3.8, 4) is 0 Å². The molecule has 2 rings (SSSR count). The first-order valence-electron chi connectivity index (χ1n) is 5.70. The third kappa shape index (κ3) is 3.56. The lowest BCUT2D eigenvalue weighted by Gasteiger charge is -2.11. The van der Waals surface area contributed by atoms with Crippen LogP contribution in [0.25, 0.3) is 0 Å². The first kappa shape index (κ1) is 15.8. The van der Waals surface area contributed by atoms with Gasteiger partial charge in [0.25, 0.3) is 5.69 Å². The smallest absolute Gasteiger partial charge is 0.271 e. The Balaban J connectivity index is 2.26. The topological polar surface area (TPSA) is 55.2 Å². The van der Waals surface area contributed by atoms with Gasteiger partial charge in [0, 0.05) is 29.3 Å². The molecule has 1 N–H and O–H groups in total. The molecule has 0 amide bonds. The number of halogens is 4. The predicted octanol–water partition coefficient (Wildman–Crippen LogP) is 5.31. The molecule has 0 unspecified atom stereocenters. The minimum absolute atomic E-state index is 0.0173. The van der Waals surface area contributed by atoms with E-state index in [4.69, 9.17) is 34.8 Å². The maximum absolute atomic E-state index is 13.6. The van der Waals surface area contributed by atoms with E-state index in [1.807, 2.05) is 0 Å². The monoisotopic (exact) mass is 348 g/mol. The van der Waals surface area contributed by atoms with Gasteiger partial charge in [-0.15, -0.1) is 0 Å². The van der Waals surface area contributed by atoms with E-state index < -0.39 is 10.7 Å². The van der Waals surface area contributed by atoms with E-state index in [2.05, 4.69) is 5.32 Å². The Morgan fingerprint density at radius 3 is 2.48 bits per heavy atom. The molecule has 21 heavy (non-hydrogen) atoms. The van der Waals surface area contributed by atoms with Crippen LogP contribution in [0, 0.1) is 15.9 Å². The van der Waals surface area contributed by atoms with Crippen molar-refractivity contribution in [2.45, 2.75) is 6.54 Å². The van der Waals surface area contributed by atoms with Crippen molar-refractivity contribution in [2.75, 3.05) is 5.32 Å². The van der Waals surface area contributed by atoms with Crippen LogP contribution in [0.3, 0.4) is 0 Å². The summed E-state index contributed by atoms with van der Waals surface area (Å²) in [4.78, 5) is 10.1. The number of anilines is 1. The van der Waals surface area contributed by atoms with Crippen LogP contribution in [-0.2, 0) is 6.54 Å². The molecule has 0 atom stereocenters. The Bertz CT molecular complexity index is 710. The van der Waals surface area contributed by atoms with E-state index in [9.17, 15) is 14.5 Å². The van der Waals surface area contributed by atoms with Gasteiger partial charge < -0.3 is 5.32 Å². The van der Waals surface area contributed by atoms with Gasteiger partial charge in [0.05, 0.1) is 20.7 Å². The molecule has 0 heterocycles. The van der Waals surface area contributed by atoms with Crippen LogP contribution in [0.4, 0.5) is 15.8 Å². The number of hydrogen-bond acceptors (Lipinski definition) is 3. The van der Waals surface area contributed by atoms with Gasteiger partial charge in [-0.1, -0.05) is 34.8 Å². The largest absolute Gasteiger partial charge is 0.378 e. The molecule has 0 spiro atoms. The maximum Gasteiger partial charge on any atom is 0.271 e. The van der Waals surface area contributed by atoms with Crippen LogP contribution in [0.15, 0.2) is 30.3 Å². The second-order valence-corrected chi connectivity index (χ2v) is 5.29. The number of nitro groups is 1. The van der Waals surface area contributed by atoms with Crippen LogP contribution in [0.2, 0.25) is 15.1 Å². The number of non-ortho nitro benzene ring substituents is 1. The molecule has 0 saturated heterocycles. The van der Waals surface area contributed by atoms with Gasteiger partial charge in [0.2, 0.25) is 0 Å². The van der Waals surface area contributed by atoms with Crippen LogP contribution in [0.5, 0.6) is 0 Å². The van der Waals surface area contributed by atoms with Crippen molar-refractivity contribution in [2.24, 2.45) is 0 Å². The molecular formula is C13H8Cl3FN2O2. The summed E-state index contributed by atoms with van der Waals surface area (Å²) in [5, 5.41) is 14.3. The van der Waals surface area contributed by atoms with Gasteiger partial charge in [-0.05, 0) is 18.2 Å². The zero-order valence-electron chi connectivity index (χ0n) is 10.4. The fraction of sp³-hybridized carbons (Fsp3) is 0.0769. The molecule has 2 aromatic rings. The number of hydrogen-bond donors (Lipinski definition) is 1. The van der Waals surface area contributed by atoms with Gasteiger partial charge in [0.15, 0.2) is 0 Å². The van der Waals surface area contributed by atoms with Crippen molar-refractivity contribution in [3.05, 3.63) is 66.9 Å². The van der Waals surface area contributed by atoms with Gasteiger partial charge in [-0.3, -0.25) is 10.1 Å². The fourth-order valence-corrected chi connectivity index (χ4v) is 2.36. The van der Waals surface area contributed by atoms with E-state index >= 15 is 0 Å². The molecule has 0 saturated carbocycles. The van der Waals surface area contributed by atoms with E-state index in [0.29, 0.717) is 15.6 Å². The highest BCUT2D eigenvalue weighted by Gasteiger charge is 2.13. The van der Waals surface area contributed by atoms with Crippen molar-refractivity contribution in [1.82, 2.24) is 0 Å². The third-order valence-electron chi connectivity index (χ3n) is 2.76. The van der Waals surface area contributed by atoms with E-state index in [1.165, 1.54) is 0 Å². The normalized spacial score (nSPS) is 10.5. The fourth-order valence-electron chi connectivity index (χ4n) is 1.68. The first-order valence-corrected chi connectivity index (χ1v) is 6.83. The summed E-state index contributed by atoms with van der Waals surface area (Å²) in [6.45, 7) is 0.0797. The predicted molar refractivity (Wildman–Crippen MR) is 81.9 cm³/mol. The maximum atomic E-state index is 13.6. The average molecular weight is 350 g/mol. The minimum atomic E-state index is -0.616. The standard InChI is InChI=1S/C13H8Cl3FN2O2/c14-9-2-3-10(15)13(16)8(9)6-18-12-5-7(19(20)21)1-4-11(12)17/h1-5,18H,6H2. The van der Waals surface area contributed by atoms with Crippen molar-refractivity contribution in [3.63, 3.8) is 0 Å². The molecule has 0 aromatic heterocycles. The van der Waals surface area contributed by atoms with E-state index in [-0.39, 0.29) is 22.9 Å². The molecule has 0 radical (unpaired) electrons. The Morgan fingerprint density at radius 1 is 1.14 bits per heavy atom. The quantitative estimate of drug-likeness (QED) is 0.462. The van der Waals surface area contributed by atoms with Gasteiger partial charge in [-0.2, -0.15) is 0 Å². The molecule has 0 aliphatic carbocycles. The Labute approximate surface area is 134 Å². The number of benzene rings is 2. The molecular weight excluding hydrogens is 342 g/mol. The Morgan fingerprint density at radius 2 is 1.81 bits per heavy atom. The molecule has 8 heteroatoms. The molecule has 0 fully saturated rings. The summed E-state index contributed by atoms with van der Waals surface area (Å²) < 4.78 is 13.6. The number of rotatable bonds is 4. The van der Waals surface area contributed by atoms with Crippen LogP contribution < -0.4 is 5.32 Å². The summed E-state index contributed by atoms with van der Waals surface area (Å²) in [5.74, 6) is -0.616.